The van der Waals surface area contributed by atoms with Crippen LogP contribution in [0, 0.1) is 0 Å². The Morgan fingerprint density at radius 1 is 1.03 bits per heavy atom. The first-order valence-electron chi connectivity index (χ1n) is 11.1. The van der Waals surface area contributed by atoms with Crippen LogP contribution < -0.4 is 5.32 Å². The zero-order chi connectivity index (χ0) is 22.7. The van der Waals surface area contributed by atoms with Crippen molar-refractivity contribution in [3.05, 3.63) is 45.8 Å². The molecule has 172 valence electrons. The highest BCUT2D eigenvalue weighted by molar-refractivity contribution is 7.89. The lowest BCUT2D eigenvalue weighted by molar-refractivity contribution is 0.0526. The van der Waals surface area contributed by atoms with Gasteiger partial charge < -0.3 is 10.1 Å². The third-order valence-corrected chi connectivity index (χ3v) is 9.07. The first-order chi connectivity index (χ1) is 15.4. The molecule has 0 unspecified atom stereocenters. The second-order valence-corrected chi connectivity index (χ2v) is 11.1. The van der Waals surface area contributed by atoms with Crippen LogP contribution in [-0.4, -0.2) is 44.3 Å². The molecule has 9 heteroatoms. The molecule has 1 aromatic heterocycles. The highest BCUT2D eigenvalue weighted by Gasteiger charge is 2.28. The summed E-state index contributed by atoms with van der Waals surface area (Å²) in [5.74, 6) is -0.791. The number of amides is 1. The SMILES string of the molecule is CCOC(=O)c1c(NC(=O)c2ccc(S(=O)(=O)N3CCCCC3)cc2)sc2c1CCCC2. The maximum Gasteiger partial charge on any atom is 0.341 e. The van der Waals surface area contributed by atoms with Crippen LogP contribution in [0.5, 0.6) is 0 Å². The molecule has 1 N–H and O–H groups in total. The van der Waals surface area contributed by atoms with Crippen LogP contribution in [0.1, 0.15) is 70.2 Å². The minimum Gasteiger partial charge on any atom is -0.462 e. The van der Waals surface area contributed by atoms with Crippen molar-refractivity contribution in [2.24, 2.45) is 0 Å². The molecule has 1 saturated heterocycles. The smallest absolute Gasteiger partial charge is 0.341 e. The summed E-state index contributed by atoms with van der Waals surface area (Å²) in [6, 6.07) is 5.99. The van der Waals surface area contributed by atoms with Crippen molar-refractivity contribution >= 4 is 38.2 Å². The number of sulfonamides is 1. The van der Waals surface area contributed by atoms with Crippen LogP contribution in [0.25, 0.3) is 0 Å². The van der Waals surface area contributed by atoms with Crippen molar-refractivity contribution in [3.8, 4) is 0 Å². The first-order valence-corrected chi connectivity index (χ1v) is 13.4. The normalized spacial score (nSPS) is 16.9. The van der Waals surface area contributed by atoms with Crippen LogP contribution in [0.4, 0.5) is 5.00 Å². The Kier molecular flexibility index (Phi) is 6.97. The van der Waals surface area contributed by atoms with Gasteiger partial charge in [-0.2, -0.15) is 4.31 Å². The van der Waals surface area contributed by atoms with E-state index in [1.165, 1.54) is 39.9 Å². The number of carbonyl (C=O) groups is 2. The van der Waals surface area contributed by atoms with E-state index in [4.69, 9.17) is 4.74 Å². The molecule has 4 rings (SSSR count). The Labute approximate surface area is 192 Å². The summed E-state index contributed by atoms with van der Waals surface area (Å²) in [6.07, 6.45) is 6.56. The van der Waals surface area contributed by atoms with Crippen molar-refractivity contribution in [2.45, 2.75) is 56.8 Å². The van der Waals surface area contributed by atoms with E-state index in [1.54, 1.807) is 6.92 Å². The van der Waals surface area contributed by atoms with Gasteiger partial charge in [0.15, 0.2) is 0 Å². The van der Waals surface area contributed by atoms with Crippen molar-refractivity contribution in [2.75, 3.05) is 25.0 Å². The van der Waals surface area contributed by atoms with E-state index in [2.05, 4.69) is 5.32 Å². The van der Waals surface area contributed by atoms with Crippen LogP contribution in [0.3, 0.4) is 0 Å². The van der Waals surface area contributed by atoms with Gasteiger partial charge in [-0.05, 0) is 75.3 Å². The molecule has 7 nitrogen and oxygen atoms in total. The van der Waals surface area contributed by atoms with Crippen LogP contribution in [-0.2, 0) is 27.6 Å². The number of piperidine rings is 1. The lowest BCUT2D eigenvalue weighted by Crippen LogP contribution is -2.35. The number of aryl methyl sites for hydroxylation is 1. The number of fused-ring (bicyclic) bond motifs is 1. The van der Waals surface area contributed by atoms with Gasteiger partial charge in [-0.15, -0.1) is 11.3 Å². The molecule has 0 radical (unpaired) electrons. The lowest BCUT2D eigenvalue weighted by atomic mass is 9.95. The lowest BCUT2D eigenvalue weighted by Gasteiger charge is -2.25. The minimum absolute atomic E-state index is 0.190. The fourth-order valence-electron chi connectivity index (χ4n) is 4.28. The molecule has 0 saturated carbocycles. The zero-order valence-corrected chi connectivity index (χ0v) is 19.8. The molecular weight excluding hydrogens is 448 g/mol. The Morgan fingerprint density at radius 2 is 1.72 bits per heavy atom. The van der Waals surface area contributed by atoms with Gasteiger partial charge >= 0.3 is 5.97 Å². The van der Waals surface area contributed by atoms with Gasteiger partial charge in [-0.25, -0.2) is 13.2 Å². The molecule has 2 aromatic rings. The Hall–Kier alpha value is -2.23. The summed E-state index contributed by atoms with van der Waals surface area (Å²) in [5.41, 5.74) is 1.78. The maximum absolute atomic E-state index is 12.9. The molecule has 1 aliphatic heterocycles. The van der Waals surface area contributed by atoms with E-state index >= 15 is 0 Å². The summed E-state index contributed by atoms with van der Waals surface area (Å²) in [6.45, 7) is 3.09. The third kappa shape index (κ3) is 4.60. The molecule has 1 amide bonds. The average Bonchev–Trinajstić information content (AvgIpc) is 3.17. The Bertz CT molecular complexity index is 1100. The highest BCUT2D eigenvalue weighted by Crippen LogP contribution is 2.38. The number of anilines is 1. The predicted octanol–water partition coefficient (Wildman–Crippen LogP) is 4.23. The highest BCUT2D eigenvalue weighted by atomic mass is 32.2. The quantitative estimate of drug-likeness (QED) is 0.630. The number of hydrogen-bond acceptors (Lipinski definition) is 6. The fraction of sp³-hybridized carbons (Fsp3) is 0.478. The second kappa shape index (κ2) is 9.72. The number of ether oxygens (including phenoxy) is 1. The van der Waals surface area contributed by atoms with Crippen LogP contribution >= 0.6 is 11.3 Å². The van der Waals surface area contributed by atoms with E-state index in [-0.39, 0.29) is 17.4 Å². The molecule has 2 heterocycles. The van der Waals surface area contributed by atoms with Crippen LogP contribution in [0.15, 0.2) is 29.2 Å². The predicted molar refractivity (Wildman–Crippen MR) is 124 cm³/mol. The standard InChI is InChI=1S/C23H28N2O5S2/c1-2-30-23(27)20-18-8-4-5-9-19(18)31-22(20)24-21(26)16-10-12-17(13-11-16)32(28,29)25-14-6-3-7-15-25/h10-13H,2-9,14-15H2,1H3,(H,24,26). The number of nitrogens with zero attached hydrogens (tertiary/aromatic N) is 1. The summed E-state index contributed by atoms with van der Waals surface area (Å²) < 4.78 is 32.4. The summed E-state index contributed by atoms with van der Waals surface area (Å²) in [5, 5.41) is 3.37. The molecular formula is C23H28N2O5S2. The van der Waals surface area contributed by atoms with Gasteiger partial charge in [0.05, 0.1) is 17.1 Å². The Balaban J connectivity index is 1.54. The number of benzene rings is 1. The van der Waals surface area contributed by atoms with E-state index in [0.717, 1.165) is 55.4 Å². The summed E-state index contributed by atoms with van der Waals surface area (Å²) in [7, 11) is -3.55. The first kappa shape index (κ1) is 22.9. The summed E-state index contributed by atoms with van der Waals surface area (Å²) in [4.78, 5) is 26.8. The molecule has 32 heavy (non-hydrogen) atoms. The maximum atomic E-state index is 12.9. The average molecular weight is 477 g/mol. The second-order valence-electron chi connectivity index (χ2n) is 8.08. The van der Waals surface area contributed by atoms with Crippen molar-refractivity contribution in [3.63, 3.8) is 0 Å². The Morgan fingerprint density at radius 3 is 2.41 bits per heavy atom. The minimum atomic E-state index is -3.55. The fourth-order valence-corrected chi connectivity index (χ4v) is 7.07. The van der Waals surface area contributed by atoms with Gasteiger partial charge in [0, 0.05) is 23.5 Å². The molecule has 1 fully saturated rings. The van der Waals surface area contributed by atoms with E-state index in [1.807, 2.05) is 0 Å². The van der Waals surface area contributed by atoms with E-state index in [0.29, 0.717) is 29.2 Å². The zero-order valence-electron chi connectivity index (χ0n) is 18.2. The number of rotatable bonds is 6. The molecule has 1 aliphatic carbocycles. The largest absolute Gasteiger partial charge is 0.462 e. The van der Waals surface area contributed by atoms with E-state index in [9.17, 15) is 18.0 Å². The van der Waals surface area contributed by atoms with Gasteiger partial charge in [0.1, 0.15) is 5.00 Å². The van der Waals surface area contributed by atoms with Crippen molar-refractivity contribution < 1.29 is 22.7 Å². The van der Waals surface area contributed by atoms with Gasteiger partial charge in [-0.3, -0.25) is 4.79 Å². The molecule has 0 atom stereocenters. The number of hydrogen-bond donors (Lipinski definition) is 1. The number of esters is 1. The molecule has 0 bridgehead atoms. The monoisotopic (exact) mass is 476 g/mol. The molecule has 0 spiro atoms. The summed E-state index contributed by atoms with van der Waals surface area (Å²) >= 11 is 1.43. The van der Waals surface area contributed by atoms with Gasteiger partial charge in [-0.1, -0.05) is 6.42 Å². The van der Waals surface area contributed by atoms with Crippen molar-refractivity contribution in [1.82, 2.24) is 4.31 Å². The number of thiophene rings is 1. The topological polar surface area (TPSA) is 92.8 Å². The van der Waals surface area contributed by atoms with Crippen LogP contribution in [0.2, 0.25) is 0 Å². The van der Waals surface area contributed by atoms with E-state index < -0.39 is 16.0 Å². The van der Waals surface area contributed by atoms with Crippen molar-refractivity contribution in [1.29, 1.82) is 0 Å². The number of carbonyl (C=O) groups excluding carboxylic acids is 2. The number of nitrogens with one attached hydrogen (secondary N) is 1. The molecule has 2 aliphatic rings. The third-order valence-electron chi connectivity index (χ3n) is 5.95. The van der Waals surface area contributed by atoms with Gasteiger partial charge in [0.2, 0.25) is 10.0 Å². The molecule has 1 aromatic carbocycles. The van der Waals surface area contributed by atoms with Gasteiger partial charge in [0.25, 0.3) is 5.91 Å².